The smallest absolute Gasteiger partial charge is 0.274 e. The molecule has 0 heterocycles. The lowest BCUT2D eigenvalue weighted by Gasteiger charge is -2.26. The van der Waals surface area contributed by atoms with Gasteiger partial charge in [0.25, 0.3) is 7.42 Å². The van der Waals surface area contributed by atoms with E-state index in [0.29, 0.717) is 11.8 Å². The molecule has 0 aromatic heterocycles. The van der Waals surface area contributed by atoms with Crippen LogP contribution in [0.2, 0.25) is 6.04 Å². The summed E-state index contributed by atoms with van der Waals surface area (Å²) in [6.45, 7) is 5.32. The van der Waals surface area contributed by atoms with Crippen molar-refractivity contribution >= 4 is 29.6 Å². The zero-order chi connectivity index (χ0) is 18.8. The first-order chi connectivity index (χ1) is 12.7. The molecule has 0 unspecified atom stereocenters. The molecule has 1 aliphatic carbocycles. The van der Waals surface area contributed by atoms with E-state index in [9.17, 15) is 0 Å². The third-order valence-electron chi connectivity index (χ3n) is 5.59. The van der Waals surface area contributed by atoms with E-state index in [-0.39, 0.29) is 0 Å². The summed E-state index contributed by atoms with van der Waals surface area (Å²) < 4.78 is 6.19. The van der Waals surface area contributed by atoms with E-state index in [1.165, 1.54) is 68.9 Å². The molecule has 1 fully saturated rings. The zero-order valence-corrected chi connectivity index (χ0v) is 19.0. The van der Waals surface area contributed by atoms with Crippen LogP contribution in [0.3, 0.4) is 0 Å². The van der Waals surface area contributed by atoms with Gasteiger partial charge in [-0.15, -0.1) is 22.2 Å². The van der Waals surface area contributed by atoms with Gasteiger partial charge in [-0.05, 0) is 67.2 Å². The average Bonchev–Trinajstić information content (AvgIpc) is 2.66. The van der Waals surface area contributed by atoms with E-state index in [2.05, 4.69) is 32.0 Å². The first-order valence-electron chi connectivity index (χ1n) is 10.6. The fourth-order valence-electron chi connectivity index (χ4n) is 4.25. The van der Waals surface area contributed by atoms with E-state index < -0.39 is 7.42 Å². The van der Waals surface area contributed by atoms with Crippen molar-refractivity contribution in [1.82, 2.24) is 0 Å². The largest absolute Gasteiger partial charge is 0.493 e. The number of halogens is 2. The minimum Gasteiger partial charge on any atom is -0.493 e. The van der Waals surface area contributed by atoms with E-state index in [1.807, 2.05) is 0 Å². The molecule has 0 amide bonds. The summed E-state index contributed by atoms with van der Waals surface area (Å²) in [6.07, 6.45) is 12.7. The Kier molecular flexibility index (Phi) is 10.5. The second kappa shape index (κ2) is 12.3. The minimum absolute atomic E-state index is 0.670. The lowest BCUT2D eigenvalue weighted by Crippen LogP contribution is -2.10. The summed E-state index contributed by atoms with van der Waals surface area (Å²) >= 11 is 11.9. The topological polar surface area (TPSA) is 9.23 Å². The molecular weight excluding hydrogens is 379 g/mol. The van der Waals surface area contributed by atoms with Crippen molar-refractivity contribution in [2.75, 3.05) is 6.61 Å². The molecule has 2 rings (SSSR count). The molecule has 4 heteroatoms. The molecule has 1 aliphatic rings. The van der Waals surface area contributed by atoms with E-state index in [0.717, 1.165) is 24.8 Å². The number of hydrogen-bond donors (Lipinski definition) is 0. The van der Waals surface area contributed by atoms with Gasteiger partial charge in [-0.1, -0.05) is 58.1 Å². The van der Waals surface area contributed by atoms with Crippen LogP contribution >= 0.6 is 22.2 Å². The van der Waals surface area contributed by atoms with Crippen molar-refractivity contribution < 1.29 is 4.74 Å². The molecule has 0 spiro atoms. The second-order valence-electron chi connectivity index (χ2n) is 7.70. The van der Waals surface area contributed by atoms with Crippen LogP contribution in [0.4, 0.5) is 0 Å². The first-order valence-corrected chi connectivity index (χ1v) is 14.3. The fraction of sp³-hybridized carbons (Fsp3) is 0.727. The minimum atomic E-state index is -1.18. The summed E-state index contributed by atoms with van der Waals surface area (Å²) in [5.41, 5.74) is 2.98. The van der Waals surface area contributed by atoms with Crippen molar-refractivity contribution in [3.05, 3.63) is 29.3 Å². The molecule has 1 aromatic carbocycles. The molecule has 1 aromatic rings. The number of benzene rings is 1. The Balaban J connectivity index is 2.16. The third-order valence-corrected chi connectivity index (χ3v) is 7.46. The van der Waals surface area contributed by atoms with Crippen LogP contribution in [0, 0.1) is 0 Å². The quantitative estimate of drug-likeness (QED) is 0.202. The van der Waals surface area contributed by atoms with Gasteiger partial charge < -0.3 is 4.74 Å². The Hall–Kier alpha value is -0.183. The first kappa shape index (κ1) is 22.1. The highest BCUT2D eigenvalue weighted by molar-refractivity contribution is 7.33. The van der Waals surface area contributed by atoms with Crippen LogP contribution in [0.1, 0.15) is 101 Å². The highest BCUT2D eigenvalue weighted by atomic mass is 35.7. The predicted molar refractivity (Wildman–Crippen MR) is 117 cm³/mol. The SMILES string of the molecule is CCCC(CCC)c1ccc(OCCC[Si](Cl)Cl)c(C2CCCCC2)c1. The molecular formula is C22H35Cl2OSi. The normalized spacial score (nSPS) is 15.8. The van der Waals surface area contributed by atoms with Gasteiger partial charge in [0.15, 0.2) is 0 Å². The second-order valence-corrected chi connectivity index (χ2v) is 12.2. The monoisotopic (exact) mass is 413 g/mol. The van der Waals surface area contributed by atoms with Gasteiger partial charge in [0.1, 0.15) is 5.75 Å². The molecule has 0 aliphatic heterocycles. The Bertz CT molecular complexity index is 509. The van der Waals surface area contributed by atoms with E-state index >= 15 is 0 Å². The van der Waals surface area contributed by atoms with Crippen molar-refractivity contribution in [3.8, 4) is 5.75 Å². The number of hydrogen-bond acceptors (Lipinski definition) is 1. The van der Waals surface area contributed by atoms with Crippen molar-refractivity contribution in [2.24, 2.45) is 0 Å². The summed E-state index contributed by atoms with van der Waals surface area (Å²) in [5, 5.41) is 0. The lowest BCUT2D eigenvalue weighted by molar-refractivity contribution is 0.307. The highest BCUT2D eigenvalue weighted by Gasteiger charge is 2.21. The van der Waals surface area contributed by atoms with E-state index in [1.54, 1.807) is 0 Å². The van der Waals surface area contributed by atoms with Gasteiger partial charge in [0.2, 0.25) is 0 Å². The highest BCUT2D eigenvalue weighted by Crippen LogP contribution is 2.40. The number of ether oxygens (including phenoxy) is 1. The molecule has 0 bridgehead atoms. The molecule has 147 valence electrons. The Morgan fingerprint density at radius 1 is 1.08 bits per heavy atom. The molecule has 0 saturated heterocycles. The standard InChI is InChI=1S/C22H35Cl2OSi/c1-3-9-18(10-4-2)20-13-14-22(25-15-8-16-26(23)24)21(17-20)19-11-6-5-7-12-19/h13-14,17-19H,3-12,15-16H2,1-2H3. The zero-order valence-electron chi connectivity index (χ0n) is 16.5. The average molecular weight is 415 g/mol. The van der Waals surface area contributed by atoms with Crippen LogP contribution < -0.4 is 4.74 Å². The Morgan fingerprint density at radius 2 is 1.77 bits per heavy atom. The maximum atomic E-state index is 6.19. The summed E-state index contributed by atoms with van der Waals surface area (Å²) in [6, 6.07) is 7.93. The summed E-state index contributed by atoms with van der Waals surface area (Å²) in [7, 11) is -1.18. The molecule has 1 radical (unpaired) electrons. The third kappa shape index (κ3) is 7.09. The number of rotatable bonds is 11. The van der Waals surface area contributed by atoms with Gasteiger partial charge in [-0.25, -0.2) is 0 Å². The fourth-order valence-corrected chi connectivity index (χ4v) is 5.46. The van der Waals surface area contributed by atoms with Gasteiger partial charge in [-0.2, -0.15) is 0 Å². The van der Waals surface area contributed by atoms with Crippen LogP contribution in [-0.4, -0.2) is 14.0 Å². The van der Waals surface area contributed by atoms with Crippen molar-refractivity contribution in [1.29, 1.82) is 0 Å². The Morgan fingerprint density at radius 3 is 2.38 bits per heavy atom. The maximum absolute atomic E-state index is 6.19. The maximum Gasteiger partial charge on any atom is 0.274 e. The van der Waals surface area contributed by atoms with Gasteiger partial charge in [0, 0.05) is 0 Å². The molecule has 1 nitrogen and oxygen atoms in total. The van der Waals surface area contributed by atoms with Crippen molar-refractivity contribution in [3.63, 3.8) is 0 Å². The molecule has 26 heavy (non-hydrogen) atoms. The summed E-state index contributed by atoms with van der Waals surface area (Å²) in [4.78, 5) is 0. The van der Waals surface area contributed by atoms with Gasteiger partial charge in [-0.3, -0.25) is 0 Å². The van der Waals surface area contributed by atoms with Gasteiger partial charge in [0.05, 0.1) is 6.61 Å². The molecule has 0 atom stereocenters. The van der Waals surface area contributed by atoms with Crippen LogP contribution in [0.25, 0.3) is 0 Å². The Labute approximate surface area is 171 Å². The van der Waals surface area contributed by atoms with E-state index in [4.69, 9.17) is 26.9 Å². The molecule has 1 saturated carbocycles. The lowest BCUT2D eigenvalue weighted by atomic mass is 9.81. The van der Waals surface area contributed by atoms with Crippen LogP contribution in [-0.2, 0) is 0 Å². The molecule has 0 N–H and O–H groups in total. The summed E-state index contributed by atoms with van der Waals surface area (Å²) in [5.74, 6) is 2.47. The van der Waals surface area contributed by atoms with Crippen LogP contribution in [0.5, 0.6) is 5.75 Å². The predicted octanol–water partition coefficient (Wildman–Crippen LogP) is 8.15. The van der Waals surface area contributed by atoms with Gasteiger partial charge >= 0.3 is 0 Å². The van der Waals surface area contributed by atoms with Crippen molar-refractivity contribution in [2.45, 2.75) is 95.9 Å². The van der Waals surface area contributed by atoms with Crippen LogP contribution in [0.15, 0.2) is 18.2 Å².